The predicted molar refractivity (Wildman–Crippen MR) is 62.7 cm³/mol. The Morgan fingerprint density at radius 1 is 1.28 bits per heavy atom. The molecule has 0 amide bonds. The van der Waals surface area contributed by atoms with Crippen molar-refractivity contribution in [3.05, 3.63) is 0 Å². The summed E-state index contributed by atoms with van der Waals surface area (Å²) in [6, 6.07) is 0. The van der Waals surface area contributed by atoms with Gasteiger partial charge in [-0.05, 0) is 34.4 Å². The Balaban J connectivity index is -0.000000392. The quantitative estimate of drug-likeness (QED) is 0.381. The molecule has 0 bridgehead atoms. The first-order valence-corrected chi connectivity index (χ1v) is 5.37. The van der Waals surface area contributed by atoms with Crippen LogP contribution in [0.15, 0.2) is 0 Å². The molecular weight excluding hydrogens is 253 g/mol. The molecule has 0 radical (unpaired) electrons. The summed E-state index contributed by atoms with van der Waals surface area (Å²) >= 11 is 0. The first kappa shape index (κ1) is 22.4. The van der Waals surface area contributed by atoms with E-state index in [-0.39, 0.29) is 16.1 Å². The molecule has 0 aromatic carbocycles. The molecular formula is C10H21BF4NO2-. The van der Waals surface area contributed by atoms with Crippen LogP contribution in [0.2, 0.25) is 0 Å². The number of likely N-dealkylation sites (N-methyl/N-ethyl adjacent to an activating group) is 1. The number of esters is 1. The Hall–Kier alpha value is -0.785. The maximum atomic E-state index is 11.4. The van der Waals surface area contributed by atoms with Crippen molar-refractivity contribution in [2.24, 2.45) is 5.41 Å². The van der Waals surface area contributed by atoms with Gasteiger partial charge in [-0.2, -0.15) is 0 Å². The Morgan fingerprint density at radius 2 is 1.67 bits per heavy atom. The van der Waals surface area contributed by atoms with Gasteiger partial charge in [-0.15, -0.1) is 0 Å². The van der Waals surface area contributed by atoms with Gasteiger partial charge in [0, 0.05) is 6.54 Å². The lowest BCUT2D eigenvalue weighted by molar-refractivity contribution is -0.154. The number of nitrogens with zero attached hydrogens (tertiary/aromatic N) is 1. The highest BCUT2D eigenvalue weighted by molar-refractivity contribution is 6.33. The standard InChI is InChI=1S/C10H21NO2.BF3.FH/c1-6-10(2,3)9(12)13-8-7-11(4)5;2-1(3)4;/h6-8H2,1-5H3;;1H/p-1. The number of ether oxygens (including phenoxy) is 1. The van der Waals surface area contributed by atoms with Crippen LogP contribution in [0.5, 0.6) is 0 Å². The molecule has 0 fully saturated rings. The number of rotatable bonds is 5. The van der Waals surface area contributed by atoms with Crippen molar-refractivity contribution in [3.63, 3.8) is 0 Å². The number of carbonyl (C=O) groups is 1. The molecule has 0 aliphatic heterocycles. The lowest BCUT2D eigenvalue weighted by atomic mass is 9.91. The number of carbonyl (C=O) groups excluding carboxylic acids is 1. The summed E-state index contributed by atoms with van der Waals surface area (Å²) in [6.07, 6.45) is 0.813. The Bertz CT molecular complexity index is 213. The molecule has 0 aromatic heterocycles. The zero-order valence-electron chi connectivity index (χ0n) is 11.5. The summed E-state index contributed by atoms with van der Waals surface area (Å²) in [5.41, 5.74) is -0.341. The van der Waals surface area contributed by atoms with E-state index >= 15 is 0 Å². The minimum Gasteiger partial charge on any atom is -1.00 e. The minimum absolute atomic E-state index is 0. The van der Waals surface area contributed by atoms with E-state index in [1.165, 1.54) is 0 Å². The van der Waals surface area contributed by atoms with Crippen LogP contribution < -0.4 is 4.70 Å². The van der Waals surface area contributed by atoms with E-state index in [1.807, 2.05) is 39.8 Å². The highest BCUT2D eigenvalue weighted by Crippen LogP contribution is 2.21. The lowest BCUT2D eigenvalue weighted by Crippen LogP contribution is -3.00. The van der Waals surface area contributed by atoms with Crippen LogP contribution in [-0.4, -0.2) is 45.7 Å². The van der Waals surface area contributed by atoms with Gasteiger partial charge in [-0.25, -0.2) is 0 Å². The first-order valence-electron chi connectivity index (χ1n) is 5.37. The molecule has 18 heavy (non-hydrogen) atoms. The van der Waals surface area contributed by atoms with Gasteiger partial charge in [0.1, 0.15) is 6.61 Å². The zero-order valence-corrected chi connectivity index (χ0v) is 11.5. The van der Waals surface area contributed by atoms with E-state index in [1.54, 1.807) is 0 Å². The van der Waals surface area contributed by atoms with Crippen molar-refractivity contribution in [3.8, 4) is 0 Å². The molecule has 0 aliphatic rings. The molecule has 0 atom stereocenters. The SMILES string of the molecule is CCC(C)(C)C(=O)OCCN(C)C.FB(F)F.[F-]. The van der Waals surface area contributed by atoms with Gasteiger partial charge in [0.25, 0.3) is 0 Å². The summed E-state index contributed by atoms with van der Waals surface area (Å²) in [4.78, 5) is 13.4. The molecule has 0 rings (SSSR count). The topological polar surface area (TPSA) is 29.5 Å². The van der Waals surface area contributed by atoms with Gasteiger partial charge in [-0.1, -0.05) is 6.92 Å². The second-order valence-corrected chi connectivity index (χ2v) is 4.42. The van der Waals surface area contributed by atoms with Crippen LogP contribution >= 0.6 is 0 Å². The van der Waals surface area contributed by atoms with Crippen molar-refractivity contribution in [2.75, 3.05) is 27.2 Å². The van der Waals surface area contributed by atoms with E-state index < -0.39 is 7.54 Å². The summed E-state index contributed by atoms with van der Waals surface area (Å²) in [6.45, 7) is 7.07. The van der Waals surface area contributed by atoms with Crippen molar-refractivity contribution in [2.45, 2.75) is 27.2 Å². The fourth-order valence-electron chi connectivity index (χ4n) is 0.661. The van der Waals surface area contributed by atoms with Crippen molar-refractivity contribution >= 4 is 13.5 Å². The molecule has 3 nitrogen and oxygen atoms in total. The maximum Gasteiger partial charge on any atom is 0.762 e. The highest BCUT2D eigenvalue weighted by atomic mass is 19.4. The van der Waals surface area contributed by atoms with Crippen LogP contribution in [0.4, 0.5) is 12.9 Å². The maximum absolute atomic E-state index is 11.4. The van der Waals surface area contributed by atoms with Gasteiger partial charge in [0.15, 0.2) is 0 Å². The molecule has 0 saturated carbocycles. The van der Waals surface area contributed by atoms with Gasteiger partial charge < -0.3 is 14.3 Å². The summed E-state index contributed by atoms with van der Waals surface area (Å²) < 4.78 is 34.1. The van der Waals surface area contributed by atoms with Crippen LogP contribution in [0.25, 0.3) is 0 Å². The lowest BCUT2D eigenvalue weighted by Gasteiger charge is -2.20. The predicted octanol–water partition coefficient (Wildman–Crippen LogP) is -0.589. The Morgan fingerprint density at radius 3 is 1.94 bits per heavy atom. The average Bonchev–Trinajstić information content (AvgIpc) is 2.16. The smallest absolute Gasteiger partial charge is 0.762 e. The molecule has 0 aromatic rings. The molecule has 8 heteroatoms. The summed E-state index contributed by atoms with van der Waals surface area (Å²) in [5.74, 6) is -0.100. The third-order valence-corrected chi connectivity index (χ3v) is 2.21. The second kappa shape index (κ2) is 11.3. The van der Waals surface area contributed by atoms with E-state index in [0.717, 1.165) is 13.0 Å². The summed E-state index contributed by atoms with van der Waals surface area (Å²) in [5, 5.41) is 0. The highest BCUT2D eigenvalue weighted by Gasteiger charge is 2.26. The summed E-state index contributed by atoms with van der Waals surface area (Å²) in [7, 11) is 0.248. The van der Waals surface area contributed by atoms with Crippen LogP contribution in [0, 0.1) is 5.41 Å². The van der Waals surface area contributed by atoms with Crippen molar-refractivity contribution in [1.29, 1.82) is 0 Å². The largest absolute Gasteiger partial charge is 1.00 e. The fraction of sp³-hybridized carbons (Fsp3) is 0.900. The molecule has 0 N–H and O–H groups in total. The van der Waals surface area contributed by atoms with E-state index in [9.17, 15) is 17.7 Å². The molecule has 0 unspecified atom stereocenters. The minimum atomic E-state index is -3.67. The van der Waals surface area contributed by atoms with E-state index in [2.05, 4.69) is 0 Å². The first-order chi connectivity index (χ1) is 7.63. The molecule has 0 spiro atoms. The fourth-order valence-corrected chi connectivity index (χ4v) is 0.661. The number of halogens is 4. The Kier molecular flexibility index (Phi) is 14.1. The van der Waals surface area contributed by atoms with Crippen LogP contribution in [0.3, 0.4) is 0 Å². The van der Waals surface area contributed by atoms with E-state index in [0.29, 0.717) is 6.61 Å². The zero-order chi connectivity index (χ0) is 14.1. The third kappa shape index (κ3) is 15.2. The molecule has 0 aliphatic carbocycles. The Labute approximate surface area is 106 Å². The molecule has 0 heterocycles. The number of hydrogen-bond donors (Lipinski definition) is 0. The molecule has 110 valence electrons. The molecule has 0 saturated heterocycles. The second-order valence-electron chi connectivity index (χ2n) is 4.42. The monoisotopic (exact) mass is 274 g/mol. The van der Waals surface area contributed by atoms with Gasteiger partial charge >= 0.3 is 13.5 Å². The van der Waals surface area contributed by atoms with Gasteiger partial charge in [0.05, 0.1) is 5.41 Å². The third-order valence-electron chi connectivity index (χ3n) is 2.21. The normalized spacial score (nSPS) is 10.1. The van der Waals surface area contributed by atoms with Crippen LogP contribution in [-0.2, 0) is 9.53 Å². The average molecular weight is 274 g/mol. The van der Waals surface area contributed by atoms with Gasteiger partial charge in [-0.3, -0.25) is 17.7 Å². The van der Waals surface area contributed by atoms with E-state index in [4.69, 9.17) is 4.74 Å². The number of hydrogen-bond acceptors (Lipinski definition) is 3. The van der Waals surface area contributed by atoms with Crippen LogP contribution in [0.1, 0.15) is 27.2 Å². The van der Waals surface area contributed by atoms with Crippen molar-refractivity contribution < 1.29 is 27.2 Å². The van der Waals surface area contributed by atoms with Crippen molar-refractivity contribution in [1.82, 2.24) is 4.90 Å². The van der Waals surface area contributed by atoms with Gasteiger partial charge in [0.2, 0.25) is 0 Å².